The molecule has 0 radical (unpaired) electrons. The smallest absolute Gasteiger partial charge is 0.230 e. The van der Waals surface area contributed by atoms with Crippen molar-refractivity contribution in [2.24, 2.45) is 11.8 Å². The molecule has 0 aromatic heterocycles. The van der Waals surface area contributed by atoms with E-state index in [1.165, 1.54) is 57.8 Å². The van der Waals surface area contributed by atoms with Gasteiger partial charge in [-0.3, -0.25) is 14.4 Å². The molecule has 0 heterocycles. The number of ketones is 3. The summed E-state index contributed by atoms with van der Waals surface area (Å²) in [6.07, 6.45) is 16.0. The zero-order valence-corrected chi connectivity index (χ0v) is 16.4. The Kier molecular flexibility index (Phi) is 7.37. The summed E-state index contributed by atoms with van der Waals surface area (Å²) in [6, 6.07) is 6.70. The lowest BCUT2D eigenvalue weighted by atomic mass is 9.78. The van der Waals surface area contributed by atoms with E-state index in [9.17, 15) is 14.4 Å². The molecule has 1 atom stereocenters. The Morgan fingerprint density at radius 3 is 1.96 bits per heavy atom. The second kappa shape index (κ2) is 9.96. The van der Waals surface area contributed by atoms with Crippen molar-refractivity contribution in [2.45, 2.75) is 83.5 Å². The van der Waals surface area contributed by atoms with Crippen LogP contribution in [0.2, 0.25) is 0 Å². The monoisotopic (exact) mass is 368 g/mol. The van der Waals surface area contributed by atoms with Crippen molar-refractivity contribution in [3.63, 3.8) is 0 Å². The van der Waals surface area contributed by atoms with Crippen LogP contribution in [0, 0.1) is 11.8 Å². The highest BCUT2D eigenvalue weighted by molar-refractivity contribution is 6.51. The summed E-state index contributed by atoms with van der Waals surface area (Å²) in [7, 11) is 0. The van der Waals surface area contributed by atoms with Gasteiger partial charge in [0.1, 0.15) is 0 Å². The van der Waals surface area contributed by atoms with E-state index in [2.05, 4.69) is 0 Å². The number of unbranched alkanes of at least 4 members (excludes halogenated alkanes) is 5. The Morgan fingerprint density at radius 1 is 0.667 bits per heavy atom. The average molecular weight is 369 g/mol. The van der Waals surface area contributed by atoms with E-state index in [1.807, 2.05) is 0 Å². The van der Waals surface area contributed by atoms with E-state index >= 15 is 0 Å². The van der Waals surface area contributed by atoms with E-state index in [0.717, 1.165) is 25.2 Å². The lowest BCUT2D eigenvalue weighted by Gasteiger charge is -2.21. The van der Waals surface area contributed by atoms with Crippen molar-refractivity contribution >= 4 is 17.3 Å². The fraction of sp³-hybridized carbons (Fsp3) is 0.625. The Bertz CT molecular complexity index is 670. The van der Waals surface area contributed by atoms with Crippen LogP contribution in [-0.2, 0) is 4.79 Å². The molecule has 1 unspecified atom stereocenters. The highest BCUT2D eigenvalue weighted by Gasteiger charge is 2.39. The third-order valence-electron chi connectivity index (χ3n) is 6.37. The molecule has 0 bridgehead atoms. The first kappa shape index (κ1) is 20.0. The fourth-order valence-corrected chi connectivity index (χ4v) is 4.72. The summed E-state index contributed by atoms with van der Waals surface area (Å²) in [6.45, 7) is 0. The van der Waals surface area contributed by atoms with Gasteiger partial charge in [0.15, 0.2) is 5.78 Å². The maximum Gasteiger partial charge on any atom is 0.230 e. The van der Waals surface area contributed by atoms with Gasteiger partial charge in [-0.05, 0) is 12.3 Å². The minimum absolute atomic E-state index is 0.164. The van der Waals surface area contributed by atoms with Crippen LogP contribution in [0.1, 0.15) is 104 Å². The standard InChI is InChI=1S/C24H32O3/c25-22-19-15-10-11-16-20(19)23(26)24(27)21(22)17-9-4-2-1-3-6-12-18-13-7-5-8-14-18/h10-11,15-16,18,21H,1-9,12-14,17H2. The molecule has 0 spiro atoms. The molecule has 2 aliphatic carbocycles. The van der Waals surface area contributed by atoms with E-state index in [0.29, 0.717) is 12.0 Å². The molecule has 0 N–H and O–H groups in total. The predicted octanol–water partition coefficient (Wildman–Crippen LogP) is 5.95. The maximum atomic E-state index is 12.6. The zero-order valence-electron chi connectivity index (χ0n) is 16.4. The molecule has 0 saturated heterocycles. The largest absolute Gasteiger partial charge is 0.293 e. The summed E-state index contributed by atoms with van der Waals surface area (Å²) in [4.78, 5) is 37.0. The molecule has 1 aromatic carbocycles. The van der Waals surface area contributed by atoms with Crippen LogP contribution in [0.5, 0.6) is 0 Å². The molecule has 146 valence electrons. The minimum atomic E-state index is -0.751. The number of rotatable bonds is 9. The van der Waals surface area contributed by atoms with Gasteiger partial charge in [0.25, 0.3) is 0 Å². The lowest BCUT2D eigenvalue weighted by Crippen LogP contribution is -2.36. The molecule has 1 aromatic rings. The molecule has 27 heavy (non-hydrogen) atoms. The summed E-state index contributed by atoms with van der Waals surface area (Å²) in [5.41, 5.74) is 0.705. The Morgan fingerprint density at radius 2 is 1.26 bits per heavy atom. The first-order valence-corrected chi connectivity index (χ1v) is 10.9. The molecule has 3 rings (SSSR count). The number of carbonyl (C=O) groups is 3. The minimum Gasteiger partial charge on any atom is -0.293 e. The molecule has 2 aliphatic rings. The third-order valence-corrected chi connectivity index (χ3v) is 6.37. The number of hydrogen-bond acceptors (Lipinski definition) is 3. The molecule has 3 heteroatoms. The summed E-state index contributed by atoms with van der Waals surface area (Å²) in [5, 5.41) is 0. The van der Waals surface area contributed by atoms with Crippen molar-refractivity contribution in [1.82, 2.24) is 0 Å². The lowest BCUT2D eigenvalue weighted by molar-refractivity contribution is -0.117. The highest BCUT2D eigenvalue weighted by Crippen LogP contribution is 2.29. The number of Topliss-reactive ketones (excluding diaryl/α,β-unsaturated/α-hetero) is 3. The van der Waals surface area contributed by atoms with Gasteiger partial charge in [-0.1, -0.05) is 101 Å². The van der Waals surface area contributed by atoms with Crippen LogP contribution in [-0.4, -0.2) is 17.3 Å². The molecule has 1 fully saturated rings. The van der Waals surface area contributed by atoms with Crippen molar-refractivity contribution in [2.75, 3.05) is 0 Å². The summed E-state index contributed by atoms with van der Waals surface area (Å²) in [5.74, 6) is -0.937. The number of hydrogen-bond donors (Lipinski definition) is 0. The SMILES string of the molecule is O=C1C(=O)C(CCCCCCCCC2CCCCC2)C(=O)c2ccccc21. The fourth-order valence-electron chi connectivity index (χ4n) is 4.72. The number of benzene rings is 1. The number of fused-ring (bicyclic) bond motifs is 1. The van der Waals surface area contributed by atoms with Gasteiger partial charge in [0, 0.05) is 11.1 Å². The van der Waals surface area contributed by atoms with Gasteiger partial charge in [-0.2, -0.15) is 0 Å². The predicted molar refractivity (Wildman–Crippen MR) is 107 cm³/mol. The highest BCUT2D eigenvalue weighted by atomic mass is 16.2. The third kappa shape index (κ3) is 5.15. The van der Waals surface area contributed by atoms with Gasteiger partial charge in [0.2, 0.25) is 11.6 Å². The van der Waals surface area contributed by atoms with Crippen LogP contribution in [0.15, 0.2) is 24.3 Å². The zero-order chi connectivity index (χ0) is 19.1. The van der Waals surface area contributed by atoms with Crippen LogP contribution in [0.4, 0.5) is 0 Å². The molecule has 0 amide bonds. The maximum absolute atomic E-state index is 12.6. The Hall–Kier alpha value is -1.77. The molecular formula is C24H32O3. The van der Waals surface area contributed by atoms with Crippen LogP contribution >= 0.6 is 0 Å². The molecular weight excluding hydrogens is 336 g/mol. The van der Waals surface area contributed by atoms with Crippen molar-refractivity contribution < 1.29 is 14.4 Å². The first-order chi connectivity index (χ1) is 13.2. The second-order valence-electron chi connectivity index (χ2n) is 8.36. The van der Waals surface area contributed by atoms with Crippen molar-refractivity contribution in [3.05, 3.63) is 35.4 Å². The van der Waals surface area contributed by atoms with E-state index in [1.54, 1.807) is 24.3 Å². The van der Waals surface area contributed by atoms with Gasteiger partial charge >= 0.3 is 0 Å². The molecule has 3 nitrogen and oxygen atoms in total. The molecule has 1 saturated carbocycles. The van der Waals surface area contributed by atoms with Crippen LogP contribution in [0.3, 0.4) is 0 Å². The van der Waals surface area contributed by atoms with Crippen LogP contribution in [0.25, 0.3) is 0 Å². The topological polar surface area (TPSA) is 51.2 Å². The van der Waals surface area contributed by atoms with Gasteiger partial charge in [-0.25, -0.2) is 0 Å². The first-order valence-electron chi connectivity index (χ1n) is 10.9. The van der Waals surface area contributed by atoms with Gasteiger partial charge in [0.05, 0.1) is 5.92 Å². The van der Waals surface area contributed by atoms with Gasteiger partial charge < -0.3 is 0 Å². The van der Waals surface area contributed by atoms with Crippen molar-refractivity contribution in [1.29, 1.82) is 0 Å². The van der Waals surface area contributed by atoms with E-state index < -0.39 is 17.5 Å². The average Bonchev–Trinajstić information content (AvgIpc) is 2.71. The van der Waals surface area contributed by atoms with Crippen molar-refractivity contribution in [3.8, 4) is 0 Å². The molecule has 0 aliphatic heterocycles. The Labute approximate surface area is 162 Å². The van der Waals surface area contributed by atoms with E-state index in [4.69, 9.17) is 0 Å². The second-order valence-corrected chi connectivity index (χ2v) is 8.36. The van der Waals surface area contributed by atoms with E-state index in [-0.39, 0.29) is 11.3 Å². The van der Waals surface area contributed by atoms with Crippen LogP contribution < -0.4 is 0 Å². The number of carbonyl (C=O) groups excluding carboxylic acids is 3. The Balaban J connectivity index is 1.33. The van der Waals surface area contributed by atoms with Gasteiger partial charge in [-0.15, -0.1) is 0 Å². The summed E-state index contributed by atoms with van der Waals surface area (Å²) < 4.78 is 0. The summed E-state index contributed by atoms with van der Waals surface area (Å²) >= 11 is 0. The quantitative estimate of drug-likeness (QED) is 0.307. The normalized spacial score (nSPS) is 20.7.